The molecule has 0 saturated carbocycles. The summed E-state index contributed by atoms with van der Waals surface area (Å²) in [7, 11) is -4.98. The minimum atomic E-state index is -3.37. The topological polar surface area (TPSA) is 143 Å². The highest BCUT2D eigenvalue weighted by Crippen LogP contribution is 2.24. The zero-order valence-electron chi connectivity index (χ0n) is 33.0. The molecular weight excluding hydrogens is 821 g/mol. The first-order valence-corrected chi connectivity index (χ1v) is 24.0. The van der Waals surface area contributed by atoms with Crippen molar-refractivity contribution in [2.45, 2.75) is 46.8 Å². The van der Waals surface area contributed by atoms with Crippen LogP contribution in [0.15, 0.2) is 166 Å². The highest BCUT2D eigenvalue weighted by Gasteiger charge is 2.20. The van der Waals surface area contributed by atoms with Gasteiger partial charge in [0.1, 0.15) is 10.1 Å². The third-order valence-electron chi connectivity index (χ3n) is 8.83. The molecule has 2 amide bonds. The summed E-state index contributed by atoms with van der Waals surface area (Å²) in [5, 5.41) is 3.97. The van der Waals surface area contributed by atoms with Crippen molar-refractivity contribution in [3.63, 3.8) is 0 Å². The molecule has 306 valence electrons. The van der Waals surface area contributed by atoms with E-state index in [1.807, 2.05) is 56.3 Å². The lowest BCUT2D eigenvalue weighted by atomic mass is 10.1. The van der Waals surface area contributed by atoms with Gasteiger partial charge >= 0.3 is 0 Å². The summed E-state index contributed by atoms with van der Waals surface area (Å²) in [5.74, 6) is 0.209. The Kier molecular flexibility index (Phi) is 16.4. The Morgan fingerprint density at radius 3 is 1.66 bits per heavy atom. The van der Waals surface area contributed by atoms with Crippen LogP contribution in [0.2, 0.25) is 0 Å². The molecule has 4 aromatic carbocycles. The number of pyridine rings is 2. The fourth-order valence-electron chi connectivity index (χ4n) is 5.68. The Bertz CT molecular complexity index is 2540. The van der Waals surface area contributed by atoms with Crippen LogP contribution in [0.3, 0.4) is 0 Å². The number of hydrogen-bond donors (Lipinski definition) is 1. The van der Waals surface area contributed by atoms with Crippen molar-refractivity contribution >= 4 is 55.0 Å². The number of nitrogens with zero attached hydrogens (tertiary/aromatic N) is 3. The predicted molar refractivity (Wildman–Crippen MR) is 236 cm³/mol. The van der Waals surface area contributed by atoms with Crippen LogP contribution in [0.4, 0.5) is 0 Å². The van der Waals surface area contributed by atoms with Crippen LogP contribution in [0, 0.1) is 13.8 Å². The Morgan fingerprint density at radius 1 is 0.593 bits per heavy atom. The summed E-state index contributed by atoms with van der Waals surface area (Å²) in [4.78, 5) is 36.4. The van der Waals surface area contributed by atoms with Crippen molar-refractivity contribution in [1.29, 1.82) is 0 Å². The second-order valence-corrected chi connectivity index (χ2v) is 19.9. The standard InChI is InChI=1S/C23H24N2O3S2.C22H22N2O3S2/c1-18-8-6-9-19(16-18)17-25(2)23(26)21-12-7-13-24-22(21)29-14-15-30(27,28)20-10-4-3-5-11-20;1-17-9-11-18(12-10-17)16-24-21(25)20-8-5-13-23-22(20)28-14-15-29(26,27)19-6-3-2-4-7-19/h3-13,16H,14-15,17H2,1-2H3;2-13H,14-16H2,1H3,(H,24,25). The molecule has 0 spiro atoms. The molecule has 6 aromatic rings. The first-order valence-electron chi connectivity index (χ1n) is 18.7. The zero-order chi connectivity index (χ0) is 42.3. The number of nitrogens with one attached hydrogen (secondary N) is 1. The van der Waals surface area contributed by atoms with Crippen LogP contribution in [0.5, 0.6) is 0 Å². The van der Waals surface area contributed by atoms with Gasteiger partial charge in [-0.1, -0.05) is 96.1 Å². The maximum atomic E-state index is 13.0. The van der Waals surface area contributed by atoms with Crippen molar-refractivity contribution in [2.24, 2.45) is 0 Å². The van der Waals surface area contributed by atoms with Gasteiger partial charge in [0, 0.05) is 44.0 Å². The zero-order valence-corrected chi connectivity index (χ0v) is 36.3. The van der Waals surface area contributed by atoms with E-state index >= 15 is 0 Å². The van der Waals surface area contributed by atoms with Gasteiger partial charge in [-0.05, 0) is 73.5 Å². The van der Waals surface area contributed by atoms with E-state index in [2.05, 4.69) is 21.4 Å². The molecule has 0 aliphatic rings. The highest BCUT2D eigenvalue weighted by atomic mass is 32.2. The van der Waals surface area contributed by atoms with Crippen LogP contribution < -0.4 is 5.32 Å². The van der Waals surface area contributed by atoms with Gasteiger partial charge in [-0.25, -0.2) is 26.8 Å². The maximum absolute atomic E-state index is 13.0. The van der Waals surface area contributed by atoms with Crippen LogP contribution in [0.25, 0.3) is 0 Å². The largest absolute Gasteiger partial charge is 0.348 e. The van der Waals surface area contributed by atoms with Gasteiger partial charge in [0.15, 0.2) is 19.7 Å². The van der Waals surface area contributed by atoms with Crippen molar-refractivity contribution in [3.8, 4) is 0 Å². The molecule has 59 heavy (non-hydrogen) atoms. The molecule has 6 rings (SSSR count). The summed E-state index contributed by atoms with van der Waals surface area (Å²) in [6.07, 6.45) is 3.22. The minimum absolute atomic E-state index is 0.0228. The Hall–Kier alpha value is -5.28. The van der Waals surface area contributed by atoms with E-state index < -0.39 is 19.7 Å². The minimum Gasteiger partial charge on any atom is -0.348 e. The van der Waals surface area contributed by atoms with Crippen molar-refractivity contribution < 1.29 is 26.4 Å². The lowest BCUT2D eigenvalue weighted by molar-refractivity contribution is 0.0780. The molecule has 0 fully saturated rings. The van der Waals surface area contributed by atoms with Crippen molar-refractivity contribution in [3.05, 3.63) is 179 Å². The number of aryl methyl sites for hydroxylation is 2. The lowest BCUT2D eigenvalue weighted by Gasteiger charge is -2.19. The maximum Gasteiger partial charge on any atom is 0.256 e. The summed E-state index contributed by atoms with van der Waals surface area (Å²) in [6.45, 7) is 4.94. The van der Waals surface area contributed by atoms with Gasteiger partial charge in [0.2, 0.25) is 0 Å². The monoisotopic (exact) mass is 866 g/mol. The lowest BCUT2D eigenvalue weighted by Crippen LogP contribution is -2.27. The number of aromatic nitrogens is 2. The molecule has 0 atom stereocenters. The van der Waals surface area contributed by atoms with Crippen molar-refractivity contribution in [2.75, 3.05) is 30.1 Å². The molecule has 0 radical (unpaired) electrons. The summed E-state index contributed by atoms with van der Waals surface area (Å²) in [6, 6.07) is 39.6. The third-order valence-corrected chi connectivity index (χ3v) is 14.8. The Labute approximate surface area is 355 Å². The number of rotatable bonds is 16. The van der Waals surface area contributed by atoms with Gasteiger partial charge in [-0.2, -0.15) is 0 Å². The quantitative estimate of drug-likeness (QED) is 0.0948. The molecule has 0 aliphatic heterocycles. The molecule has 0 aliphatic carbocycles. The number of sulfone groups is 2. The molecule has 14 heteroatoms. The van der Waals surface area contributed by atoms with Gasteiger partial charge in [-0.3, -0.25) is 9.59 Å². The number of carbonyl (C=O) groups excluding carboxylic acids is 2. The van der Waals surface area contributed by atoms with Crippen LogP contribution in [0.1, 0.15) is 43.0 Å². The van der Waals surface area contributed by atoms with Crippen LogP contribution in [-0.4, -0.2) is 73.6 Å². The van der Waals surface area contributed by atoms with E-state index in [1.165, 1.54) is 23.5 Å². The average molecular weight is 867 g/mol. The number of thioether (sulfide) groups is 2. The van der Waals surface area contributed by atoms with E-state index in [4.69, 9.17) is 0 Å². The molecule has 0 bridgehead atoms. The predicted octanol–water partition coefficient (Wildman–Crippen LogP) is 8.11. The second-order valence-electron chi connectivity index (χ2n) is 13.5. The van der Waals surface area contributed by atoms with Gasteiger partial charge in [-0.15, -0.1) is 23.5 Å². The highest BCUT2D eigenvalue weighted by molar-refractivity contribution is 8.01. The number of benzene rings is 4. The normalized spacial score (nSPS) is 11.2. The van der Waals surface area contributed by atoms with E-state index in [0.717, 1.165) is 22.3 Å². The van der Waals surface area contributed by atoms with Gasteiger partial charge in [0.25, 0.3) is 11.8 Å². The second kappa shape index (κ2) is 21.6. The van der Waals surface area contributed by atoms with Crippen LogP contribution in [-0.2, 0) is 32.8 Å². The third kappa shape index (κ3) is 13.6. The molecule has 2 aromatic heterocycles. The van der Waals surface area contributed by atoms with E-state index in [0.29, 0.717) is 55.6 Å². The Morgan fingerprint density at radius 2 is 1.12 bits per heavy atom. The average Bonchev–Trinajstić information content (AvgIpc) is 3.24. The summed E-state index contributed by atoms with van der Waals surface area (Å²) >= 11 is 2.55. The SMILES string of the molecule is Cc1ccc(CNC(=O)c2cccnc2SCCS(=O)(=O)c2ccccc2)cc1.Cc1cccc(CN(C)C(=O)c2cccnc2SCCS(=O)(=O)c2ccccc2)c1. The molecule has 1 N–H and O–H groups in total. The fourth-order valence-corrected chi connectivity index (χ4v) is 11.0. The molecular formula is C45H46N4O6S4. The molecule has 2 heterocycles. The molecule has 0 unspecified atom stereocenters. The molecule has 0 saturated heterocycles. The van der Waals surface area contributed by atoms with Crippen LogP contribution >= 0.6 is 23.5 Å². The fraction of sp³-hybridized carbons (Fsp3) is 0.200. The smallest absolute Gasteiger partial charge is 0.256 e. The number of carbonyl (C=O) groups is 2. The Balaban J connectivity index is 0.000000224. The summed E-state index contributed by atoms with van der Waals surface area (Å²) in [5.41, 5.74) is 5.30. The van der Waals surface area contributed by atoms with Crippen molar-refractivity contribution in [1.82, 2.24) is 20.2 Å². The first kappa shape index (κ1) is 44.8. The van der Waals surface area contributed by atoms with Gasteiger partial charge < -0.3 is 10.2 Å². The van der Waals surface area contributed by atoms with E-state index in [-0.39, 0.29) is 23.3 Å². The summed E-state index contributed by atoms with van der Waals surface area (Å²) < 4.78 is 49.8. The van der Waals surface area contributed by atoms with E-state index in [9.17, 15) is 26.4 Å². The first-order chi connectivity index (χ1) is 28.3. The number of hydrogen-bond acceptors (Lipinski definition) is 10. The van der Waals surface area contributed by atoms with E-state index in [1.54, 1.807) is 109 Å². The number of amides is 2. The molecule has 10 nitrogen and oxygen atoms in total. The van der Waals surface area contributed by atoms with Gasteiger partial charge in [0.05, 0.1) is 32.4 Å².